The Hall–Kier alpha value is -2.50. The summed E-state index contributed by atoms with van der Waals surface area (Å²) < 4.78 is 10.7. The van der Waals surface area contributed by atoms with Crippen LogP contribution in [-0.4, -0.2) is 33.3 Å². The maximum atomic E-state index is 12.1. The third-order valence-electron chi connectivity index (χ3n) is 5.82. The summed E-state index contributed by atoms with van der Waals surface area (Å²) in [5.74, 6) is 0.872. The Kier molecular flexibility index (Phi) is 5.52. The van der Waals surface area contributed by atoms with E-state index in [0.29, 0.717) is 5.58 Å². The van der Waals surface area contributed by atoms with Gasteiger partial charge in [-0.05, 0) is 55.3 Å². The lowest BCUT2D eigenvalue weighted by atomic mass is 10.0. The zero-order valence-electron chi connectivity index (χ0n) is 17.0. The third kappa shape index (κ3) is 3.98. The normalized spacial score (nSPS) is 15.1. The molecule has 0 atom stereocenters. The lowest BCUT2D eigenvalue weighted by Gasteiger charge is -2.34. The van der Waals surface area contributed by atoms with E-state index in [2.05, 4.69) is 17.0 Å². The molecule has 0 spiro atoms. The first-order valence-corrected chi connectivity index (χ1v) is 10.3. The van der Waals surface area contributed by atoms with Crippen LogP contribution in [0.4, 0.5) is 5.69 Å². The number of aryl methyl sites for hydroxylation is 2. The van der Waals surface area contributed by atoms with Crippen LogP contribution in [0, 0.1) is 13.8 Å². The molecular weight excluding hydrogens is 388 g/mol. The van der Waals surface area contributed by atoms with Crippen LogP contribution in [0.25, 0.3) is 11.0 Å². The van der Waals surface area contributed by atoms with Crippen molar-refractivity contribution in [3.63, 3.8) is 0 Å². The minimum Gasteiger partial charge on any atom is -0.497 e. The smallest absolute Gasteiger partial charge is 0.336 e. The first-order valence-electron chi connectivity index (χ1n) is 9.91. The average molecular weight is 414 g/mol. The van der Waals surface area contributed by atoms with Gasteiger partial charge in [0.05, 0.1) is 33.3 Å². The van der Waals surface area contributed by atoms with Crippen LogP contribution in [0.5, 0.6) is 5.75 Å². The second-order valence-corrected chi connectivity index (χ2v) is 8.09. The van der Waals surface area contributed by atoms with Gasteiger partial charge in [0.15, 0.2) is 0 Å². The lowest BCUT2D eigenvalue weighted by Crippen LogP contribution is -3.13. The molecule has 2 heterocycles. The molecule has 1 aliphatic heterocycles. The third-order valence-corrected chi connectivity index (χ3v) is 6.40. The highest BCUT2D eigenvalue weighted by molar-refractivity contribution is 6.33. The number of methoxy groups -OCH3 is 1. The maximum absolute atomic E-state index is 12.1. The SMILES string of the molecule is COc1ccc(N2CC[NH+](Cc3cc(=O)oc4cc(C)c(Cl)c(C)c34)CC2)cc1. The largest absolute Gasteiger partial charge is 0.497 e. The van der Waals surface area contributed by atoms with E-state index in [1.807, 2.05) is 32.0 Å². The maximum Gasteiger partial charge on any atom is 0.336 e. The van der Waals surface area contributed by atoms with E-state index in [4.69, 9.17) is 20.8 Å². The minimum atomic E-state index is -0.301. The number of nitrogens with zero attached hydrogens (tertiary/aromatic N) is 1. The summed E-state index contributed by atoms with van der Waals surface area (Å²) in [6.45, 7) is 8.68. The van der Waals surface area contributed by atoms with Crippen molar-refractivity contribution in [1.29, 1.82) is 0 Å². The van der Waals surface area contributed by atoms with Crippen molar-refractivity contribution >= 4 is 28.3 Å². The molecule has 1 fully saturated rings. The molecule has 2 aromatic carbocycles. The first kappa shape index (κ1) is 19.8. The van der Waals surface area contributed by atoms with Gasteiger partial charge in [-0.25, -0.2) is 4.79 Å². The molecule has 1 aliphatic rings. The zero-order valence-corrected chi connectivity index (χ0v) is 17.8. The van der Waals surface area contributed by atoms with Crippen LogP contribution in [0.3, 0.4) is 0 Å². The summed E-state index contributed by atoms with van der Waals surface area (Å²) in [5.41, 5.74) is 4.47. The molecule has 4 rings (SSSR count). The number of fused-ring (bicyclic) bond motifs is 1. The molecule has 0 radical (unpaired) electrons. The monoisotopic (exact) mass is 413 g/mol. The Morgan fingerprint density at radius 3 is 2.48 bits per heavy atom. The van der Waals surface area contributed by atoms with Crippen LogP contribution in [0.1, 0.15) is 16.7 Å². The van der Waals surface area contributed by atoms with Gasteiger partial charge in [-0.2, -0.15) is 0 Å². The van der Waals surface area contributed by atoms with E-state index < -0.39 is 0 Å². The summed E-state index contributed by atoms with van der Waals surface area (Å²) >= 11 is 6.48. The number of benzene rings is 2. The van der Waals surface area contributed by atoms with Crippen molar-refractivity contribution in [2.24, 2.45) is 0 Å². The topological polar surface area (TPSA) is 47.1 Å². The Morgan fingerprint density at radius 2 is 1.83 bits per heavy atom. The molecule has 3 aromatic rings. The minimum absolute atomic E-state index is 0.301. The van der Waals surface area contributed by atoms with Crippen molar-refractivity contribution in [2.45, 2.75) is 20.4 Å². The van der Waals surface area contributed by atoms with Crippen molar-refractivity contribution in [3.05, 3.63) is 68.5 Å². The van der Waals surface area contributed by atoms with Crippen LogP contribution in [-0.2, 0) is 6.54 Å². The van der Waals surface area contributed by atoms with E-state index in [1.54, 1.807) is 13.2 Å². The number of hydrogen-bond acceptors (Lipinski definition) is 4. The Labute approximate surface area is 175 Å². The number of hydrogen-bond donors (Lipinski definition) is 1. The molecule has 5 nitrogen and oxygen atoms in total. The zero-order chi connectivity index (χ0) is 20.5. The van der Waals surface area contributed by atoms with E-state index in [0.717, 1.165) is 65.6 Å². The number of halogens is 1. The predicted molar refractivity (Wildman–Crippen MR) is 117 cm³/mol. The number of ether oxygens (including phenoxy) is 1. The second-order valence-electron chi connectivity index (χ2n) is 7.71. The Bertz CT molecular complexity index is 1080. The molecule has 0 amide bonds. The van der Waals surface area contributed by atoms with Crippen molar-refractivity contribution in [1.82, 2.24) is 0 Å². The highest BCUT2D eigenvalue weighted by atomic mass is 35.5. The summed E-state index contributed by atoms with van der Waals surface area (Å²) in [4.78, 5) is 16.0. The molecule has 0 saturated carbocycles. The van der Waals surface area contributed by atoms with Gasteiger partial charge in [-0.3, -0.25) is 0 Å². The van der Waals surface area contributed by atoms with Crippen LogP contribution in [0.2, 0.25) is 5.02 Å². The van der Waals surface area contributed by atoms with Gasteiger partial charge >= 0.3 is 5.63 Å². The molecule has 152 valence electrons. The van der Waals surface area contributed by atoms with Gasteiger partial charge in [0.25, 0.3) is 0 Å². The van der Waals surface area contributed by atoms with Crippen LogP contribution in [0.15, 0.2) is 45.6 Å². The van der Waals surface area contributed by atoms with E-state index >= 15 is 0 Å². The fraction of sp³-hybridized carbons (Fsp3) is 0.348. The number of rotatable bonds is 4. The molecule has 1 aromatic heterocycles. The summed E-state index contributed by atoms with van der Waals surface area (Å²) in [7, 11) is 1.68. The van der Waals surface area contributed by atoms with Gasteiger partial charge in [0.2, 0.25) is 0 Å². The van der Waals surface area contributed by atoms with Crippen molar-refractivity contribution < 1.29 is 14.1 Å². The van der Waals surface area contributed by atoms with Gasteiger partial charge in [0, 0.05) is 27.7 Å². The predicted octanol–water partition coefficient (Wildman–Crippen LogP) is 2.98. The van der Waals surface area contributed by atoms with Gasteiger partial charge in [-0.15, -0.1) is 0 Å². The van der Waals surface area contributed by atoms with E-state index in [1.165, 1.54) is 10.6 Å². The number of nitrogens with one attached hydrogen (secondary N) is 1. The van der Waals surface area contributed by atoms with Gasteiger partial charge in [-0.1, -0.05) is 11.6 Å². The summed E-state index contributed by atoms with van der Waals surface area (Å²) in [5, 5.41) is 1.72. The van der Waals surface area contributed by atoms with Crippen LogP contribution >= 0.6 is 11.6 Å². The molecular formula is C23H26ClN2O3+. The molecule has 1 saturated heterocycles. The highest BCUT2D eigenvalue weighted by Gasteiger charge is 2.23. The van der Waals surface area contributed by atoms with E-state index in [-0.39, 0.29) is 5.63 Å². The molecule has 29 heavy (non-hydrogen) atoms. The van der Waals surface area contributed by atoms with E-state index in [9.17, 15) is 4.79 Å². The lowest BCUT2D eigenvalue weighted by molar-refractivity contribution is -0.914. The summed E-state index contributed by atoms with van der Waals surface area (Å²) in [6, 6.07) is 11.7. The average Bonchev–Trinajstić information content (AvgIpc) is 2.72. The number of quaternary nitrogens is 1. The fourth-order valence-corrected chi connectivity index (χ4v) is 4.36. The number of anilines is 1. The summed E-state index contributed by atoms with van der Waals surface area (Å²) in [6.07, 6.45) is 0. The highest BCUT2D eigenvalue weighted by Crippen LogP contribution is 2.30. The van der Waals surface area contributed by atoms with Gasteiger partial charge < -0.3 is 19.0 Å². The Morgan fingerprint density at radius 1 is 1.14 bits per heavy atom. The van der Waals surface area contributed by atoms with Crippen molar-refractivity contribution in [3.8, 4) is 5.75 Å². The molecule has 0 unspecified atom stereocenters. The standard InChI is InChI=1S/C23H25ClN2O3/c1-15-12-20-22(16(2)23(15)24)17(13-21(27)29-20)14-25-8-10-26(11-9-25)18-4-6-19(28-3)7-5-18/h4-7,12-13H,8-11,14H2,1-3H3/p+1. The molecule has 0 bridgehead atoms. The first-order chi connectivity index (χ1) is 14.0. The Balaban J connectivity index is 1.53. The quantitative estimate of drug-likeness (QED) is 0.668. The molecule has 1 N–H and O–H groups in total. The molecule has 6 heteroatoms. The number of piperazine rings is 1. The van der Waals surface area contributed by atoms with Crippen molar-refractivity contribution in [2.75, 3.05) is 38.2 Å². The second kappa shape index (κ2) is 8.09. The van der Waals surface area contributed by atoms with Gasteiger partial charge in [0.1, 0.15) is 17.9 Å². The van der Waals surface area contributed by atoms with Crippen LogP contribution < -0.4 is 20.2 Å². The fourth-order valence-electron chi connectivity index (χ4n) is 4.21. The molecule has 0 aliphatic carbocycles.